The number of nitrogens with one attached hydrogen (secondary N) is 1. The van der Waals surface area contributed by atoms with E-state index in [1.54, 1.807) is 11.3 Å². The molecule has 1 aromatic heterocycles. The first-order chi connectivity index (χ1) is 9.97. The third-order valence-corrected chi connectivity index (χ3v) is 4.33. The summed E-state index contributed by atoms with van der Waals surface area (Å²) in [6.07, 6.45) is 0.724. The minimum atomic E-state index is -0.516. The lowest BCUT2D eigenvalue weighted by Gasteiger charge is -2.13. The zero-order valence-corrected chi connectivity index (χ0v) is 13.6. The number of benzene rings is 1. The number of amides is 1. The molecule has 1 N–H and O–H groups in total. The molecule has 1 atom stereocenters. The van der Waals surface area contributed by atoms with Crippen molar-refractivity contribution in [2.45, 2.75) is 19.4 Å². The van der Waals surface area contributed by atoms with Crippen molar-refractivity contribution < 1.29 is 9.72 Å². The van der Waals surface area contributed by atoms with Crippen molar-refractivity contribution in [1.82, 2.24) is 5.32 Å². The van der Waals surface area contributed by atoms with Gasteiger partial charge in [-0.2, -0.15) is 11.3 Å². The maximum atomic E-state index is 12.2. The molecule has 7 heteroatoms. The summed E-state index contributed by atoms with van der Waals surface area (Å²) in [6, 6.07) is 6.10. The Kier molecular flexibility index (Phi) is 5.08. The van der Waals surface area contributed by atoms with E-state index in [9.17, 15) is 14.9 Å². The van der Waals surface area contributed by atoms with Crippen LogP contribution in [0.15, 0.2) is 39.5 Å². The number of rotatable bonds is 5. The van der Waals surface area contributed by atoms with Crippen LogP contribution >= 0.6 is 27.3 Å². The van der Waals surface area contributed by atoms with Crippen LogP contribution in [0, 0.1) is 10.1 Å². The molecule has 0 saturated carbocycles. The second-order valence-electron chi connectivity index (χ2n) is 4.63. The van der Waals surface area contributed by atoms with Crippen LogP contribution in [0.3, 0.4) is 0 Å². The summed E-state index contributed by atoms with van der Waals surface area (Å²) in [6.45, 7) is 1.90. The molecule has 0 aliphatic heterocycles. The van der Waals surface area contributed by atoms with Crippen LogP contribution in [0.25, 0.3) is 0 Å². The van der Waals surface area contributed by atoms with Crippen molar-refractivity contribution in [1.29, 1.82) is 0 Å². The van der Waals surface area contributed by atoms with Crippen LogP contribution in [-0.4, -0.2) is 16.9 Å². The summed E-state index contributed by atoms with van der Waals surface area (Å²) in [7, 11) is 0. The minimum Gasteiger partial charge on any atom is -0.349 e. The summed E-state index contributed by atoms with van der Waals surface area (Å²) in [5, 5.41) is 17.7. The Balaban J connectivity index is 2.09. The Bertz CT molecular complexity index is 658. The van der Waals surface area contributed by atoms with Crippen molar-refractivity contribution in [3.05, 3.63) is 60.7 Å². The molecular weight excluding hydrogens is 356 g/mol. The monoisotopic (exact) mass is 368 g/mol. The van der Waals surface area contributed by atoms with Gasteiger partial charge in [-0.25, -0.2) is 0 Å². The Morgan fingerprint density at radius 3 is 2.86 bits per heavy atom. The number of hydrogen-bond donors (Lipinski definition) is 1. The molecule has 1 amide bonds. The lowest BCUT2D eigenvalue weighted by molar-refractivity contribution is -0.384. The fourth-order valence-corrected chi connectivity index (χ4v) is 3.02. The smallest absolute Gasteiger partial charge is 0.270 e. The lowest BCUT2D eigenvalue weighted by Crippen LogP contribution is -2.34. The molecule has 2 rings (SSSR count). The first-order valence-electron chi connectivity index (χ1n) is 6.23. The molecular formula is C14H13BrN2O3S. The fourth-order valence-electron chi connectivity index (χ4n) is 1.92. The van der Waals surface area contributed by atoms with E-state index < -0.39 is 4.92 Å². The summed E-state index contributed by atoms with van der Waals surface area (Å²) in [5.74, 6) is -0.326. The van der Waals surface area contributed by atoms with Crippen LogP contribution in [0.5, 0.6) is 0 Å². The predicted octanol–water partition coefficient (Wildman–Crippen LogP) is 3.78. The first kappa shape index (κ1) is 15.7. The van der Waals surface area contributed by atoms with Gasteiger partial charge >= 0.3 is 0 Å². The SMILES string of the molecule is CC(Cc1ccsc1)NC(=O)c1cc([N+](=O)[O-])ccc1Br. The van der Waals surface area contributed by atoms with Crippen LogP contribution in [0.4, 0.5) is 5.69 Å². The van der Waals surface area contributed by atoms with E-state index in [0.29, 0.717) is 4.47 Å². The second kappa shape index (κ2) is 6.82. The quantitative estimate of drug-likeness (QED) is 0.644. The second-order valence-corrected chi connectivity index (χ2v) is 6.27. The molecule has 2 aromatic rings. The highest BCUT2D eigenvalue weighted by Gasteiger charge is 2.17. The number of carbonyl (C=O) groups is 1. The molecule has 0 spiro atoms. The number of nitro benzene ring substituents is 1. The van der Waals surface area contributed by atoms with E-state index in [4.69, 9.17) is 0 Å². The van der Waals surface area contributed by atoms with E-state index in [1.807, 2.05) is 23.8 Å². The van der Waals surface area contributed by atoms with Crippen LogP contribution in [-0.2, 0) is 6.42 Å². The summed E-state index contributed by atoms with van der Waals surface area (Å²) in [4.78, 5) is 22.5. The molecule has 21 heavy (non-hydrogen) atoms. The Morgan fingerprint density at radius 1 is 1.48 bits per heavy atom. The molecule has 1 aromatic carbocycles. The number of nitrogens with zero attached hydrogens (tertiary/aromatic N) is 1. The lowest BCUT2D eigenvalue weighted by atomic mass is 10.1. The Hall–Kier alpha value is -1.73. The highest BCUT2D eigenvalue weighted by Crippen LogP contribution is 2.22. The number of hydrogen-bond acceptors (Lipinski definition) is 4. The average molecular weight is 369 g/mol. The largest absolute Gasteiger partial charge is 0.349 e. The predicted molar refractivity (Wildman–Crippen MR) is 85.7 cm³/mol. The van der Waals surface area contributed by atoms with Crippen molar-refractivity contribution in [3.63, 3.8) is 0 Å². The van der Waals surface area contributed by atoms with Gasteiger partial charge in [-0.1, -0.05) is 0 Å². The number of halogens is 1. The molecule has 0 fully saturated rings. The number of non-ortho nitro benzene ring substituents is 1. The molecule has 0 aliphatic rings. The highest BCUT2D eigenvalue weighted by atomic mass is 79.9. The normalized spacial score (nSPS) is 11.9. The van der Waals surface area contributed by atoms with Gasteiger partial charge in [0, 0.05) is 22.6 Å². The van der Waals surface area contributed by atoms with E-state index >= 15 is 0 Å². The molecule has 0 radical (unpaired) electrons. The molecule has 5 nitrogen and oxygen atoms in total. The number of carbonyl (C=O) groups excluding carboxylic acids is 1. The third kappa shape index (κ3) is 4.12. The van der Waals surface area contributed by atoms with Gasteiger partial charge in [0.1, 0.15) is 0 Å². The van der Waals surface area contributed by atoms with Gasteiger partial charge in [0.2, 0.25) is 0 Å². The van der Waals surface area contributed by atoms with Crippen molar-refractivity contribution in [3.8, 4) is 0 Å². The summed E-state index contributed by atoms with van der Waals surface area (Å²) < 4.78 is 0.535. The molecule has 110 valence electrons. The summed E-state index contributed by atoms with van der Waals surface area (Å²) >= 11 is 4.86. The van der Waals surface area contributed by atoms with Gasteiger partial charge in [0.25, 0.3) is 11.6 Å². The number of nitro groups is 1. The van der Waals surface area contributed by atoms with Crippen LogP contribution < -0.4 is 5.32 Å². The van der Waals surface area contributed by atoms with Crippen LogP contribution in [0.2, 0.25) is 0 Å². The third-order valence-electron chi connectivity index (χ3n) is 2.90. The highest BCUT2D eigenvalue weighted by molar-refractivity contribution is 9.10. The van der Waals surface area contributed by atoms with E-state index in [-0.39, 0.29) is 23.2 Å². The first-order valence-corrected chi connectivity index (χ1v) is 7.97. The number of thiophene rings is 1. The Labute approximate surface area is 134 Å². The Morgan fingerprint density at radius 2 is 2.24 bits per heavy atom. The molecule has 1 unspecified atom stereocenters. The maximum absolute atomic E-state index is 12.2. The van der Waals surface area contributed by atoms with Gasteiger partial charge in [-0.3, -0.25) is 14.9 Å². The van der Waals surface area contributed by atoms with Gasteiger partial charge in [-0.15, -0.1) is 0 Å². The van der Waals surface area contributed by atoms with E-state index in [2.05, 4.69) is 21.2 Å². The topological polar surface area (TPSA) is 72.2 Å². The van der Waals surface area contributed by atoms with Crippen molar-refractivity contribution in [2.75, 3.05) is 0 Å². The van der Waals surface area contributed by atoms with Gasteiger partial charge in [0.05, 0.1) is 10.5 Å². The van der Waals surface area contributed by atoms with Gasteiger partial charge in [-0.05, 0) is 57.7 Å². The van der Waals surface area contributed by atoms with Crippen molar-refractivity contribution >= 4 is 38.9 Å². The molecule has 1 heterocycles. The fraction of sp³-hybridized carbons (Fsp3) is 0.214. The zero-order valence-electron chi connectivity index (χ0n) is 11.2. The zero-order chi connectivity index (χ0) is 15.4. The standard InChI is InChI=1S/C14H13BrN2O3S/c1-9(6-10-4-5-21-8-10)16-14(18)12-7-11(17(19)20)2-3-13(12)15/h2-5,7-9H,6H2,1H3,(H,16,18). The van der Waals surface area contributed by atoms with E-state index in [0.717, 1.165) is 12.0 Å². The van der Waals surface area contributed by atoms with Gasteiger partial charge < -0.3 is 5.32 Å². The summed E-state index contributed by atoms with van der Waals surface area (Å²) in [5.41, 5.74) is 1.32. The molecule has 0 bridgehead atoms. The average Bonchev–Trinajstić information content (AvgIpc) is 2.91. The van der Waals surface area contributed by atoms with E-state index in [1.165, 1.54) is 18.2 Å². The minimum absolute atomic E-state index is 0.0572. The molecule has 0 saturated heterocycles. The van der Waals surface area contributed by atoms with Crippen molar-refractivity contribution in [2.24, 2.45) is 0 Å². The molecule has 0 aliphatic carbocycles. The van der Waals surface area contributed by atoms with Crippen LogP contribution in [0.1, 0.15) is 22.8 Å². The van der Waals surface area contributed by atoms with Gasteiger partial charge in [0.15, 0.2) is 0 Å². The maximum Gasteiger partial charge on any atom is 0.270 e.